The highest BCUT2D eigenvalue weighted by atomic mass is 79.9. The molecule has 2 rings (SSSR count). The van der Waals surface area contributed by atoms with Crippen molar-refractivity contribution in [1.29, 1.82) is 5.26 Å². The predicted octanol–water partition coefficient (Wildman–Crippen LogP) is 4.99. The average molecular weight is 351 g/mol. The third kappa shape index (κ3) is 3.33. The lowest BCUT2D eigenvalue weighted by atomic mass is 10.1. The van der Waals surface area contributed by atoms with Gasteiger partial charge in [-0.1, -0.05) is 39.7 Å². The topological polar surface area (TPSA) is 33.0 Å². The molecule has 0 radical (unpaired) electrons. The summed E-state index contributed by atoms with van der Waals surface area (Å²) in [6.45, 7) is 2.43. The lowest BCUT2D eigenvalue weighted by molar-refractivity contribution is 0.303. The summed E-state index contributed by atoms with van der Waals surface area (Å²) in [6, 6.07) is 13.3. The van der Waals surface area contributed by atoms with E-state index in [4.69, 9.17) is 21.6 Å². The Balaban J connectivity index is 2.17. The van der Waals surface area contributed by atoms with Crippen LogP contribution in [-0.2, 0) is 11.9 Å². The van der Waals surface area contributed by atoms with Gasteiger partial charge in [0.15, 0.2) is 0 Å². The molecule has 0 amide bonds. The van der Waals surface area contributed by atoms with Crippen LogP contribution in [0.1, 0.15) is 22.3 Å². The molecule has 0 unspecified atom stereocenters. The second kappa shape index (κ2) is 6.78. The predicted molar refractivity (Wildman–Crippen MR) is 84.3 cm³/mol. The van der Waals surface area contributed by atoms with Gasteiger partial charge in [-0.2, -0.15) is 5.26 Å². The molecule has 0 atom stereocenters. The molecule has 20 heavy (non-hydrogen) atoms. The SMILES string of the molecule is Cc1cc(C#N)ccc1COc1cccc(Cl)c1CBr. The maximum atomic E-state index is 8.86. The number of halogens is 2. The van der Waals surface area contributed by atoms with Crippen LogP contribution in [0.2, 0.25) is 5.02 Å². The molecule has 0 spiro atoms. The van der Waals surface area contributed by atoms with Gasteiger partial charge in [0.25, 0.3) is 0 Å². The largest absolute Gasteiger partial charge is 0.489 e. The quantitative estimate of drug-likeness (QED) is 0.727. The normalized spacial score (nSPS) is 10.1. The van der Waals surface area contributed by atoms with Gasteiger partial charge < -0.3 is 4.74 Å². The molecule has 2 aromatic rings. The van der Waals surface area contributed by atoms with Crippen LogP contribution < -0.4 is 4.74 Å². The molecular weight excluding hydrogens is 338 g/mol. The first-order chi connectivity index (χ1) is 9.65. The lowest BCUT2D eigenvalue weighted by Gasteiger charge is -2.12. The zero-order chi connectivity index (χ0) is 14.5. The van der Waals surface area contributed by atoms with Gasteiger partial charge >= 0.3 is 0 Å². The van der Waals surface area contributed by atoms with E-state index in [1.807, 2.05) is 37.3 Å². The van der Waals surface area contributed by atoms with Gasteiger partial charge in [0, 0.05) is 15.9 Å². The Bertz CT molecular complexity index is 664. The second-order valence-corrected chi connectivity index (χ2v) is 5.36. The van der Waals surface area contributed by atoms with Crippen molar-refractivity contribution in [2.24, 2.45) is 0 Å². The summed E-state index contributed by atoms with van der Waals surface area (Å²) in [5.41, 5.74) is 3.71. The molecule has 0 aliphatic rings. The van der Waals surface area contributed by atoms with Crippen LogP contribution in [0.15, 0.2) is 36.4 Å². The van der Waals surface area contributed by atoms with Gasteiger partial charge in [0.05, 0.1) is 11.6 Å². The first kappa shape index (κ1) is 14.9. The first-order valence-corrected chi connectivity index (χ1v) is 7.61. The number of benzene rings is 2. The third-order valence-electron chi connectivity index (χ3n) is 3.06. The maximum Gasteiger partial charge on any atom is 0.125 e. The Hall–Kier alpha value is -1.50. The van der Waals surface area contributed by atoms with Crippen LogP contribution in [-0.4, -0.2) is 0 Å². The van der Waals surface area contributed by atoms with Crippen molar-refractivity contribution in [3.8, 4) is 11.8 Å². The van der Waals surface area contributed by atoms with Crippen LogP contribution in [0, 0.1) is 18.3 Å². The smallest absolute Gasteiger partial charge is 0.125 e. The highest BCUT2D eigenvalue weighted by Gasteiger charge is 2.08. The summed E-state index contributed by atoms with van der Waals surface area (Å²) in [7, 11) is 0. The summed E-state index contributed by atoms with van der Waals surface area (Å²) in [6.07, 6.45) is 0. The number of nitrogens with zero attached hydrogens (tertiary/aromatic N) is 1. The molecule has 0 aromatic heterocycles. The van der Waals surface area contributed by atoms with E-state index in [-0.39, 0.29) is 0 Å². The summed E-state index contributed by atoms with van der Waals surface area (Å²) < 4.78 is 5.85. The molecule has 0 fully saturated rings. The zero-order valence-corrected chi connectivity index (χ0v) is 13.3. The standard InChI is InChI=1S/C16H13BrClNO/c1-11-7-12(9-19)5-6-13(11)10-20-16-4-2-3-15(18)14(16)8-17/h2-7H,8,10H2,1H3. The van der Waals surface area contributed by atoms with Crippen molar-refractivity contribution in [2.75, 3.05) is 0 Å². The number of alkyl halides is 1. The van der Waals surface area contributed by atoms with Crippen LogP contribution in [0.5, 0.6) is 5.75 Å². The van der Waals surface area contributed by atoms with E-state index in [0.717, 1.165) is 22.4 Å². The molecule has 0 bridgehead atoms. The number of nitriles is 1. The Kier molecular flexibility index (Phi) is 5.05. The highest BCUT2D eigenvalue weighted by molar-refractivity contribution is 9.08. The number of rotatable bonds is 4. The number of aryl methyl sites for hydroxylation is 1. The van der Waals surface area contributed by atoms with Crippen molar-refractivity contribution >= 4 is 27.5 Å². The monoisotopic (exact) mass is 349 g/mol. The fraction of sp³-hybridized carbons (Fsp3) is 0.188. The van der Waals surface area contributed by atoms with Crippen molar-refractivity contribution in [3.63, 3.8) is 0 Å². The third-order valence-corrected chi connectivity index (χ3v) is 3.98. The van der Waals surface area contributed by atoms with Crippen LogP contribution in [0.4, 0.5) is 0 Å². The Morgan fingerprint density at radius 2 is 2.10 bits per heavy atom. The molecule has 0 N–H and O–H groups in total. The van der Waals surface area contributed by atoms with Crippen molar-refractivity contribution in [3.05, 3.63) is 63.7 Å². The van der Waals surface area contributed by atoms with E-state index in [0.29, 0.717) is 22.5 Å². The average Bonchev–Trinajstić information content (AvgIpc) is 2.46. The second-order valence-electron chi connectivity index (χ2n) is 4.39. The summed E-state index contributed by atoms with van der Waals surface area (Å²) >= 11 is 9.55. The summed E-state index contributed by atoms with van der Waals surface area (Å²) in [5, 5.41) is 10.2. The van der Waals surface area contributed by atoms with Crippen LogP contribution in [0.25, 0.3) is 0 Å². The van der Waals surface area contributed by atoms with E-state index < -0.39 is 0 Å². The molecule has 0 aliphatic carbocycles. The molecule has 0 aliphatic heterocycles. The Morgan fingerprint density at radius 1 is 1.30 bits per heavy atom. The zero-order valence-electron chi connectivity index (χ0n) is 11.0. The fourth-order valence-corrected chi connectivity index (χ4v) is 2.86. The lowest BCUT2D eigenvalue weighted by Crippen LogP contribution is -2.00. The molecule has 102 valence electrons. The molecule has 0 saturated heterocycles. The van der Waals surface area contributed by atoms with Gasteiger partial charge in [-0.05, 0) is 42.3 Å². The molecular formula is C16H13BrClNO. The van der Waals surface area contributed by atoms with Gasteiger partial charge in [0.1, 0.15) is 12.4 Å². The van der Waals surface area contributed by atoms with Crippen molar-refractivity contribution in [1.82, 2.24) is 0 Å². The number of ether oxygens (including phenoxy) is 1. The van der Waals surface area contributed by atoms with E-state index in [9.17, 15) is 0 Å². The van der Waals surface area contributed by atoms with Crippen LogP contribution >= 0.6 is 27.5 Å². The molecule has 2 aromatic carbocycles. The van der Waals surface area contributed by atoms with E-state index >= 15 is 0 Å². The van der Waals surface area contributed by atoms with Crippen LogP contribution in [0.3, 0.4) is 0 Å². The molecule has 0 saturated carbocycles. The Labute approximate surface area is 132 Å². The first-order valence-electron chi connectivity index (χ1n) is 6.11. The minimum absolute atomic E-state index is 0.456. The maximum absolute atomic E-state index is 8.86. The van der Waals surface area contributed by atoms with E-state index in [1.54, 1.807) is 6.07 Å². The molecule has 2 nitrogen and oxygen atoms in total. The number of hydrogen-bond acceptors (Lipinski definition) is 2. The van der Waals surface area contributed by atoms with Gasteiger partial charge in [-0.25, -0.2) is 0 Å². The summed E-state index contributed by atoms with van der Waals surface area (Å²) in [5.74, 6) is 0.776. The van der Waals surface area contributed by atoms with E-state index in [2.05, 4.69) is 22.0 Å². The Morgan fingerprint density at radius 3 is 2.75 bits per heavy atom. The van der Waals surface area contributed by atoms with Gasteiger partial charge in [-0.3, -0.25) is 0 Å². The number of hydrogen-bond donors (Lipinski definition) is 0. The van der Waals surface area contributed by atoms with Crippen molar-refractivity contribution < 1.29 is 4.74 Å². The molecule has 0 heterocycles. The van der Waals surface area contributed by atoms with Gasteiger partial charge in [0.2, 0.25) is 0 Å². The fourth-order valence-electron chi connectivity index (χ4n) is 1.89. The van der Waals surface area contributed by atoms with Crippen molar-refractivity contribution in [2.45, 2.75) is 18.9 Å². The van der Waals surface area contributed by atoms with E-state index in [1.165, 1.54) is 0 Å². The highest BCUT2D eigenvalue weighted by Crippen LogP contribution is 2.29. The minimum Gasteiger partial charge on any atom is -0.489 e. The minimum atomic E-state index is 0.456. The van der Waals surface area contributed by atoms with Gasteiger partial charge in [-0.15, -0.1) is 0 Å². The summed E-state index contributed by atoms with van der Waals surface area (Å²) in [4.78, 5) is 0. The molecule has 4 heteroatoms.